The highest BCUT2D eigenvalue weighted by molar-refractivity contribution is 5.83. The maximum atomic E-state index is 11.6. The molecule has 1 unspecified atom stereocenters. The van der Waals surface area contributed by atoms with Crippen LogP contribution in [0.2, 0.25) is 0 Å². The highest BCUT2D eigenvalue weighted by atomic mass is 16.1. The van der Waals surface area contributed by atoms with Gasteiger partial charge in [-0.1, -0.05) is 25.5 Å². The molecule has 0 heterocycles. The van der Waals surface area contributed by atoms with Gasteiger partial charge in [0.1, 0.15) is 5.78 Å². The van der Waals surface area contributed by atoms with E-state index in [-0.39, 0.29) is 0 Å². The molecule has 0 aromatic heterocycles. The van der Waals surface area contributed by atoms with Crippen LogP contribution >= 0.6 is 0 Å². The second-order valence-corrected chi connectivity index (χ2v) is 5.90. The third-order valence-corrected chi connectivity index (χ3v) is 4.43. The number of hydrogen-bond acceptors (Lipinski definition) is 1. The number of carbonyl (C=O) groups is 1. The number of carbonyl (C=O) groups excluding carboxylic acids is 1. The van der Waals surface area contributed by atoms with Crippen LogP contribution in [0, 0.1) is 17.8 Å². The van der Waals surface area contributed by atoms with Crippen LogP contribution in [0.25, 0.3) is 0 Å². The molecule has 1 saturated carbocycles. The van der Waals surface area contributed by atoms with E-state index < -0.39 is 0 Å². The van der Waals surface area contributed by atoms with E-state index in [1.165, 1.54) is 19.3 Å². The lowest BCUT2D eigenvalue weighted by atomic mass is 9.80. The fourth-order valence-electron chi connectivity index (χ4n) is 3.12. The molecule has 2 aliphatic rings. The molecule has 0 amide bonds. The fraction of sp³-hybridized carbons (Fsp3) is 0.800. The average Bonchev–Trinajstić information content (AvgIpc) is 2.65. The van der Waals surface area contributed by atoms with Gasteiger partial charge in [-0.3, -0.25) is 4.79 Å². The van der Waals surface area contributed by atoms with Crippen molar-refractivity contribution in [1.29, 1.82) is 0 Å². The summed E-state index contributed by atoms with van der Waals surface area (Å²) in [4.78, 5) is 11.6. The molecule has 0 bridgehead atoms. The predicted molar refractivity (Wildman–Crippen MR) is 67.2 cm³/mol. The lowest BCUT2D eigenvalue weighted by Gasteiger charge is -2.25. The van der Waals surface area contributed by atoms with Gasteiger partial charge in [-0.15, -0.1) is 0 Å². The van der Waals surface area contributed by atoms with Crippen molar-refractivity contribution < 1.29 is 4.79 Å². The van der Waals surface area contributed by atoms with E-state index in [0.29, 0.717) is 11.7 Å². The van der Waals surface area contributed by atoms with Gasteiger partial charge in [0.2, 0.25) is 0 Å². The van der Waals surface area contributed by atoms with Crippen molar-refractivity contribution in [3.05, 3.63) is 11.6 Å². The minimum Gasteiger partial charge on any atom is -0.299 e. The largest absolute Gasteiger partial charge is 0.299 e. The highest BCUT2D eigenvalue weighted by Crippen LogP contribution is 2.34. The summed E-state index contributed by atoms with van der Waals surface area (Å²) in [6.45, 7) is 4.65. The van der Waals surface area contributed by atoms with Crippen LogP contribution in [-0.2, 0) is 4.79 Å². The van der Waals surface area contributed by atoms with Gasteiger partial charge in [-0.05, 0) is 50.4 Å². The normalized spacial score (nSPS) is 30.9. The summed E-state index contributed by atoms with van der Waals surface area (Å²) < 4.78 is 0. The Kier molecular flexibility index (Phi) is 3.83. The lowest BCUT2D eigenvalue weighted by Crippen LogP contribution is -2.14. The summed E-state index contributed by atoms with van der Waals surface area (Å²) in [5.41, 5.74) is 1.57. The summed E-state index contributed by atoms with van der Waals surface area (Å²) in [5, 5.41) is 0. The molecule has 0 aromatic rings. The Hall–Kier alpha value is -0.590. The molecule has 1 fully saturated rings. The maximum absolute atomic E-state index is 11.6. The van der Waals surface area contributed by atoms with Crippen molar-refractivity contribution in [3.8, 4) is 0 Å². The first-order valence-corrected chi connectivity index (χ1v) is 6.87. The molecule has 0 aliphatic heterocycles. The maximum Gasteiger partial charge on any atom is 0.136 e. The molecule has 0 spiro atoms. The van der Waals surface area contributed by atoms with Gasteiger partial charge < -0.3 is 0 Å². The first-order valence-electron chi connectivity index (χ1n) is 6.87. The molecule has 2 rings (SSSR count). The van der Waals surface area contributed by atoms with E-state index >= 15 is 0 Å². The fourth-order valence-corrected chi connectivity index (χ4v) is 3.12. The van der Waals surface area contributed by atoms with Gasteiger partial charge in [0.15, 0.2) is 0 Å². The summed E-state index contributed by atoms with van der Waals surface area (Å²) in [5.74, 6) is 2.59. The summed E-state index contributed by atoms with van der Waals surface area (Å²) in [6.07, 6.45) is 10.4. The number of rotatable bonds is 3. The third-order valence-electron chi connectivity index (χ3n) is 4.43. The van der Waals surface area contributed by atoms with Crippen LogP contribution in [-0.4, -0.2) is 5.78 Å². The molecule has 1 nitrogen and oxygen atoms in total. The first-order chi connectivity index (χ1) is 7.66. The molecule has 0 radical (unpaired) electrons. The SMILES string of the molecule is CC(C)[C@H]1CC=C(CC2CCCC2=O)CC1. The quantitative estimate of drug-likeness (QED) is 0.654. The second-order valence-electron chi connectivity index (χ2n) is 5.90. The Morgan fingerprint density at radius 3 is 2.62 bits per heavy atom. The molecule has 2 atom stereocenters. The highest BCUT2D eigenvalue weighted by Gasteiger charge is 2.26. The number of hydrogen-bond donors (Lipinski definition) is 0. The third kappa shape index (κ3) is 2.75. The standard InChI is InChI=1S/C15H24O/c1-11(2)13-8-6-12(7-9-13)10-14-4-3-5-15(14)16/h6,11,13-14H,3-5,7-10H2,1-2H3/t13-,14?/m0/s1. The Bertz CT molecular complexity index is 288. The molecular weight excluding hydrogens is 196 g/mol. The average molecular weight is 220 g/mol. The summed E-state index contributed by atoms with van der Waals surface area (Å²) in [7, 11) is 0. The van der Waals surface area contributed by atoms with Crippen LogP contribution in [0.5, 0.6) is 0 Å². The van der Waals surface area contributed by atoms with Crippen LogP contribution in [0.3, 0.4) is 0 Å². The van der Waals surface area contributed by atoms with Crippen molar-refractivity contribution in [2.45, 2.75) is 58.8 Å². The summed E-state index contributed by atoms with van der Waals surface area (Å²) >= 11 is 0. The molecule has 2 aliphatic carbocycles. The Morgan fingerprint density at radius 2 is 2.12 bits per heavy atom. The van der Waals surface area contributed by atoms with Crippen LogP contribution in [0.4, 0.5) is 0 Å². The van der Waals surface area contributed by atoms with Crippen molar-refractivity contribution in [2.24, 2.45) is 17.8 Å². The van der Waals surface area contributed by atoms with Crippen LogP contribution in [0.15, 0.2) is 11.6 Å². The molecule has 0 N–H and O–H groups in total. The zero-order valence-corrected chi connectivity index (χ0v) is 10.7. The molecule has 0 saturated heterocycles. The van der Waals surface area contributed by atoms with Gasteiger partial charge >= 0.3 is 0 Å². The Labute approximate surface area is 99.3 Å². The minimum atomic E-state index is 0.377. The van der Waals surface area contributed by atoms with Gasteiger partial charge in [0, 0.05) is 12.3 Å². The molecule has 16 heavy (non-hydrogen) atoms. The van der Waals surface area contributed by atoms with E-state index in [9.17, 15) is 4.79 Å². The Morgan fingerprint density at radius 1 is 1.31 bits per heavy atom. The van der Waals surface area contributed by atoms with Gasteiger partial charge in [0.25, 0.3) is 0 Å². The van der Waals surface area contributed by atoms with Gasteiger partial charge in [-0.2, -0.15) is 0 Å². The van der Waals surface area contributed by atoms with Gasteiger partial charge in [-0.25, -0.2) is 0 Å². The van der Waals surface area contributed by atoms with E-state index in [1.807, 2.05) is 0 Å². The van der Waals surface area contributed by atoms with E-state index in [0.717, 1.165) is 37.5 Å². The number of ketones is 1. The lowest BCUT2D eigenvalue weighted by molar-refractivity contribution is -0.120. The van der Waals surface area contributed by atoms with Crippen molar-refractivity contribution in [2.75, 3.05) is 0 Å². The van der Waals surface area contributed by atoms with Crippen molar-refractivity contribution >= 4 is 5.78 Å². The minimum absolute atomic E-state index is 0.377. The smallest absolute Gasteiger partial charge is 0.136 e. The monoisotopic (exact) mass is 220 g/mol. The van der Waals surface area contributed by atoms with E-state index in [2.05, 4.69) is 19.9 Å². The first kappa shape index (κ1) is 11.9. The molecule has 0 aromatic carbocycles. The van der Waals surface area contributed by atoms with Crippen LogP contribution in [0.1, 0.15) is 58.8 Å². The number of Topliss-reactive ketones (excluding diaryl/α,β-unsaturated/α-hetero) is 1. The van der Waals surface area contributed by atoms with E-state index in [4.69, 9.17) is 0 Å². The molecule has 1 heteroatoms. The molecular formula is C15H24O. The van der Waals surface area contributed by atoms with Crippen molar-refractivity contribution in [3.63, 3.8) is 0 Å². The number of allylic oxidation sites excluding steroid dienone is 2. The van der Waals surface area contributed by atoms with Crippen LogP contribution < -0.4 is 0 Å². The topological polar surface area (TPSA) is 17.1 Å². The van der Waals surface area contributed by atoms with E-state index in [1.54, 1.807) is 5.57 Å². The zero-order valence-electron chi connectivity index (χ0n) is 10.7. The summed E-state index contributed by atoms with van der Waals surface area (Å²) in [6, 6.07) is 0. The molecule has 90 valence electrons. The zero-order chi connectivity index (χ0) is 11.5. The Balaban J connectivity index is 1.85. The van der Waals surface area contributed by atoms with Crippen molar-refractivity contribution in [1.82, 2.24) is 0 Å². The van der Waals surface area contributed by atoms with Gasteiger partial charge in [0.05, 0.1) is 0 Å². The second kappa shape index (κ2) is 5.16. The predicted octanol–water partition coefficient (Wildman–Crippen LogP) is 4.13.